The molecule has 2 nitrogen and oxygen atoms in total. The number of Topliss-reactive ketones (excluding diaryl/α,β-unsaturated/α-hetero) is 1. The van der Waals surface area contributed by atoms with Gasteiger partial charge in [-0.15, -0.1) is 6.58 Å². The summed E-state index contributed by atoms with van der Waals surface area (Å²) in [6, 6.07) is 0. The van der Waals surface area contributed by atoms with E-state index in [1.165, 1.54) is 38.5 Å². The molecule has 23 heavy (non-hydrogen) atoms. The Morgan fingerprint density at radius 1 is 1.13 bits per heavy atom. The largest absolute Gasteiger partial charge is 0.361 e. The van der Waals surface area contributed by atoms with E-state index in [-0.39, 0.29) is 17.6 Å². The van der Waals surface area contributed by atoms with Gasteiger partial charge in [-0.2, -0.15) is 0 Å². The molecule has 0 N–H and O–H groups in total. The molecule has 0 aromatic carbocycles. The molecule has 0 aromatic heterocycles. The Morgan fingerprint density at radius 3 is 2.74 bits per heavy atom. The lowest BCUT2D eigenvalue weighted by atomic mass is 9.44. The number of epoxide rings is 1. The second-order valence-electron chi connectivity index (χ2n) is 9.63. The summed E-state index contributed by atoms with van der Waals surface area (Å²) in [7, 11) is 0. The third-order valence-corrected chi connectivity index (χ3v) is 9.19. The molecule has 0 amide bonds. The maximum atomic E-state index is 12.2. The summed E-state index contributed by atoms with van der Waals surface area (Å²) in [4.78, 5) is 12.2. The summed E-state index contributed by atoms with van der Waals surface area (Å²) in [5.74, 6) is 4.21. The van der Waals surface area contributed by atoms with E-state index < -0.39 is 0 Å². The monoisotopic (exact) mass is 314 g/mol. The first kappa shape index (κ1) is 14.7. The van der Waals surface area contributed by atoms with E-state index in [1.807, 2.05) is 0 Å². The summed E-state index contributed by atoms with van der Waals surface area (Å²) in [5, 5.41) is 0. The number of carbonyl (C=O) groups is 1. The summed E-state index contributed by atoms with van der Waals surface area (Å²) >= 11 is 0. The highest BCUT2D eigenvalue weighted by Crippen LogP contribution is 2.69. The van der Waals surface area contributed by atoms with Crippen LogP contribution >= 0.6 is 0 Å². The van der Waals surface area contributed by atoms with Crippen molar-refractivity contribution in [1.82, 2.24) is 0 Å². The SMILES string of the molecule is C=C[C@H]1CC[C@H]2[C@@H]3CCC4CC(=O)C5OC5[C@]4(C)[C@H]3CC[C@]12C. The third-order valence-electron chi connectivity index (χ3n) is 9.19. The van der Waals surface area contributed by atoms with Crippen molar-refractivity contribution in [2.24, 2.45) is 40.4 Å². The van der Waals surface area contributed by atoms with Gasteiger partial charge in [-0.05, 0) is 73.5 Å². The van der Waals surface area contributed by atoms with Crippen LogP contribution < -0.4 is 0 Å². The van der Waals surface area contributed by atoms with Crippen molar-refractivity contribution in [3.8, 4) is 0 Å². The molecule has 0 spiro atoms. The molecule has 126 valence electrons. The van der Waals surface area contributed by atoms with Crippen LogP contribution in [-0.4, -0.2) is 18.0 Å². The van der Waals surface area contributed by atoms with Crippen molar-refractivity contribution >= 4 is 5.78 Å². The van der Waals surface area contributed by atoms with Gasteiger partial charge < -0.3 is 4.74 Å². The maximum Gasteiger partial charge on any atom is 0.164 e. The molecular formula is C21H30O2. The van der Waals surface area contributed by atoms with Crippen LogP contribution in [0.1, 0.15) is 58.8 Å². The van der Waals surface area contributed by atoms with Crippen LogP contribution in [0, 0.1) is 40.4 Å². The lowest BCUT2D eigenvalue weighted by Gasteiger charge is -2.59. The highest BCUT2D eigenvalue weighted by atomic mass is 16.6. The van der Waals surface area contributed by atoms with Gasteiger partial charge in [0.15, 0.2) is 5.78 Å². The Morgan fingerprint density at radius 2 is 1.96 bits per heavy atom. The fourth-order valence-corrected chi connectivity index (χ4v) is 7.85. The Balaban J connectivity index is 1.49. The zero-order chi connectivity index (χ0) is 16.0. The average molecular weight is 314 g/mol. The van der Waals surface area contributed by atoms with Crippen LogP contribution in [0.25, 0.3) is 0 Å². The van der Waals surface area contributed by atoms with E-state index in [4.69, 9.17) is 4.74 Å². The van der Waals surface area contributed by atoms with Crippen LogP contribution in [0.2, 0.25) is 0 Å². The number of rotatable bonds is 1. The van der Waals surface area contributed by atoms with Crippen molar-refractivity contribution < 1.29 is 9.53 Å². The summed E-state index contributed by atoms with van der Waals surface area (Å²) in [5.41, 5.74) is 0.759. The first-order chi connectivity index (χ1) is 11.0. The molecule has 5 rings (SSSR count). The highest BCUT2D eigenvalue weighted by molar-refractivity contribution is 5.87. The van der Waals surface area contributed by atoms with Crippen LogP contribution in [0.5, 0.6) is 0 Å². The second-order valence-corrected chi connectivity index (χ2v) is 9.63. The van der Waals surface area contributed by atoms with Crippen LogP contribution in [0.4, 0.5) is 0 Å². The molecule has 0 aromatic rings. The van der Waals surface area contributed by atoms with E-state index in [0.29, 0.717) is 17.1 Å². The van der Waals surface area contributed by atoms with Gasteiger partial charge in [0.25, 0.3) is 0 Å². The number of allylic oxidation sites excluding steroid dienone is 1. The molecule has 2 heteroatoms. The van der Waals surface area contributed by atoms with Gasteiger partial charge in [0.1, 0.15) is 6.10 Å². The first-order valence-corrected chi connectivity index (χ1v) is 9.81. The predicted octanol–water partition coefficient (Wildman–Crippen LogP) is 4.39. The van der Waals surface area contributed by atoms with E-state index in [0.717, 1.165) is 30.1 Å². The van der Waals surface area contributed by atoms with Crippen LogP contribution in [0.3, 0.4) is 0 Å². The van der Waals surface area contributed by atoms with Crippen molar-refractivity contribution in [3.63, 3.8) is 0 Å². The second kappa shape index (κ2) is 4.50. The fourth-order valence-electron chi connectivity index (χ4n) is 7.85. The van der Waals surface area contributed by atoms with Crippen LogP contribution in [-0.2, 0) is 9.53 Å². The fraction of sp³-hybridized carbons (Fsp3) is 0.857. The van der Waals surface area contributed by atoms with Gasteiger partial charge in [0.05, 0.1) is 6.10 Å². The first-order valence-electron chi connectivity index (χ1n) is 9.81. The van der Waals surface area contributed by atoms with Crippen molar-refractivity contribution in [1.29, 1.82) is 0 Å². The Kier molecular flexibility index (Phi) is 2.88. The molecule has 4 aliphatic carbocycles. The average Bonchev–Trinajstić information content (AvgIpc) is 3.27. The van der Waals surface area contributed by atoms with Gasteiger partial charge in [0.2, 0.25) is 0 Å². The topological polar surface area (TPSA) is 29.6 Å². The van der Waals surface area contributed by atoms with Crippen molar-refractivity contribution in [2.75, 3.05) is 0 Å². The minimum Gasteiger partial charge on any atom is -0.361 e. The standard InChI is InChI=1S/C21H30O2/c1-4-12-6-8-15-14-7-5-13-11-17(22)18-19(23-18)21(13,3)16(14)9-10-20(12,15)2/h4,12-16,18-19H,1,5-11H2,2-3H3/t12-,13?,14-,15-,16-,18?,19?,20+,21-/m0/s1. The number of ketones is 1. The van der Waals surface area contributed by atoms with Gasteiger partial charge >= 0.3 is 0 Å². The van der Waals surface area contributed by atoms with E-state index >= 15 is 0 Å². The van der Waals surface area contributed by atoms with Gasteiger partial charge in [-0.25, -0.2) is 0 Å². The summed E-state index contributed by atoms with van der Waals surface area (Å²) in [6.45, 7) is 9.16. The minimum atomic E-state index is -0.0344. The number of hydrogen-bond donors (Lipinski definition) is 0. The molecule has 5 aliphatic rings. The third kappa shape index (κ3) is 1.67. The lowest BCUT2D eigenvalue weighted by molar-refractivity contribution is -0.133. The number of hydrogen-bond acceptors (Lipinski definition) is 2. The highest BCUT2D eigenvalue weighted by Gasteiger charge is 2.69. The molecule has 1 aliphatic heterocycles. The maximum absolute atomic E-state index is 12.2. The predicted molar refractivity (Wildman–Crippen MR) is 89.8 cm³/mol. The normalized spacial score (nSPS) is 60.3. The lowest BCUT2D eigenvalue weighted by Crippen LogP contribution is -2.56. The Labute approximate surface area is 140 Å². The summed E-state index contributed by atoms with van der Waals surface area (Å²) in [6.07, 6.45) is 11.3. The molecular weight excluding hydrogens is 284 g/mol. The number of fused-ring (bicyclic) bond motifs is 7. The molecule has 1 heterocycles. The quantitative estimate of drug-likeness (QED) is 0.531. The number of carbonyl (C=O) groups excluding carboxylic acids is 1. The smallest absolute Gasteiger partial charge is 0.164 e. The van der Waals surface area contributed by atoms with Gasteiger partial charge in [-0.1, -0.05) is 19.9 Å². The van der Waals surface area contributed by atoms with Crippen LogP contribution in [0.15, 0.2) is 12.7 Å². The Bertz CT molecular complexity index is 568. The van der Waals surface area contributed by atoms with E-state index in [1.54, 1.807) is 0 Å². The molecule has 3 unspecified atom stereocenters. The molecule has 4 saturated carbocycles. The van der Waals surface area contributed by atoms with Crippen molar-refractivity contribution in [2.45, 2.75) is 71.0 Å². The zero-order valence-electron chi connectivity index (χ0n) is 14.6. The Hall–Kier alpha value is -0.630. The molecule has 0 radical (unpaired) electrons. The van der Waals surface area contributed by atoms with Crippen molar-refractivity contribution in [3.05, 3.63) is 12.7 Å². The molecule has 5 fully saturated rings. The minimum absolute atomic E-state index is 0.0344. The van der Waals surface area contributed by atoms with E-state index in [2.05, 4.69) is 26.5 Å². The molecule has 1 saturated heterocycles. The molecule has 9 atom stereocenters. The number of ether oxygens (including phenoxy) is 1. The molecule has 0 bridgehead atoms. The summed E-state index contributed by atoms with van der Waals surface area (Å²) < 4.78 is 5.92. The van der Waals surface area contributed by atoms with E-state index in [9.17, 15) is 4.79 Å². The zero-order valence-corrected chi connectivity index (χ0v) is 14.6. The van der Waals surface area contributed by atoms with Gasteiger partial charge in [-0.3, -0.25) is 4.79 Å². The van der Waals surface area contributed by atoms with Gasteiger partial charge in [0, 0.05) is 11.8 Å².